The lowest BCUT2D eigenvalue weighted by Gasteiger charge is -2.60. The first-order valence-electron chi connectivity index (χ1n) is 16.7. The van der Waals surface area contributed by atoms with Crippen molar-refractivity contribution < 1.29 is 37.0 Å². The van der Waals surface area contributed by atoms with Crippen LogP contribution in [0.4, 0.5) is 13.2 Å². The zero-order valence-electron chi connectivity index (χ0n) is 27.3. The summed E-state index contributed by atoms with van der Waals surface area (Å²) in [4.78, 5) is 30.7. The number of ether oxygens (including phenoxy) is 3. The van der Waals surface area contributed by atoms with E-state index in [2.05, 4.69) is 30.6 Å². The lowest BCUT2D eigenvalue weighted by atomic mass is 9.50. The summed E-state index contributed by atoms with van der Waals surface area (Å²) in [7, 11) is 1.59. The molecule has 2 aromatic rings. The first-order chi connectivity index (χ1) is 22.4. The summed E-state index contributed by atoms with van der Waals surface area (Å²) in [6.45, 7) is 7.98. The number of hydrogen-bond acceptors (Lipinski definition) is 6. The summed E-state index contributed by atoms with van der Waals surface area (Å²) >= 11 is 0. The van der Waals surface area contributed by atoms with Gasteiger partial charge < -0.3 is 19.1 Å². The third-order valence-corrected chi connectivity index (χ3v) is 10.9. The number of hydrogen-bond donors (Lipinski definition) is 0. The van der Waals surface area contributed by atoms with Gasteiger partial charge in [-0.3, -0.25) is 14.5 Å². The van der Waals surface area contributed by atoms with Crippen molar-refractivity contribution in [2.75, 3.05) is 26.7 Å². The minimum Gasteiger partial charge on any atom is -0.493 e. The molecule has 0 unspecified atom stereocenters. The highest BCUT2D eigenvalue weighted by Crippen LogP contribution is 2.66. The summed E-state index contributed by atoms with van der Waals surface area (Å²) in [5, 5.41) is 0. The number of benzene rings is 2. The molecule has 5 atom stereocenters. The van der Waals surface area contributed by atoms with E-state index in [9.17, 15) is 22.8 Å². The van der Waals surface area contributed by atoms with Gasteiger partial charge in [0.2, 0.25) is 0 Å². The maximum Gasteiger partial charge on any atom is 0.416 e. The highest BCUT2D eigenvalue weighted by molar-refractivity contribution is 5.94. The third-order valence-electron chi connectivity index (χ3n) is 10.9. The Morgan fingerprint density at radius 2 is 1.87 bits per heavy atom. The summed E-state index contributed by atoms with van der Waals surface area (Å²) in [5.41, 5.74) is 1.27. The number of piperidine rings is 1. The highest BCUT2D eigenvalue weighted by Gasteiger charge is 2.67. The fraction of sp³-hybridized carbons (Fsp3) is 0.568. The molecule has 250 valence electrons. The first kappa shape index (κ1) is 31.9. The van der Waals surface area contributed by atoms with Crippen molar-refractivity contribution in [2.45, 2.75) is 89.1 Å². The van der Waals surface area contributed by atoms with Gasteiger partial charge in [-0.05, 0) is 87.1 Å². The Morgan fingerprint density at radius 3 is 2.51 bits per heavy atom. The fourth-order valence-corrected chi connectivity index (χ4v) is 8.91. The second-order valence-electron chi connectivity index (χ2n) is 14.3. The number of nitrogens with zero attached hydrogens (tertiary/aromatic N) is 2. The number of alkyl halides is 3. The van der Waals surface area contributed by atoms with Gasteiger partial charge in [0.05, 0.1) is 18.7 Å². The molecule has 3 fully saturated rings. The largest absolute Gasteiger partial charge is 0.493 e. The number of halogens is 3. The average molecular weight is 651 g/mol. The zero-order chi connectivity index (χ0) is 33.2. The van der Waals surface area contributed by atoms with Crippen LogP contribution < -0.4 is 14.2 Å². The number of amides is 1. The van der Waals surface area contributed by atoms with Gasteiger partial charge in [-0.1, -0.05) is 19.8 Å². The van der Waals surface area contributed by atoms with Gasteiger partial charge in [0, 0.05) is 60.1 Å². The molecular formula is C37H41F3N2O5. The van der Waals surface area contributed by atoms with Crippen LogP contribution in [-0.4, -0.2) is 66.6 Å². The molecule has 2 heterocycles. The molecule has 3 aliphatic carbocycles. The van der Waals surface area contributed by atoms with E-state index in [0.717, 1.165) is 68.0 Å². The molecule has 0 radical (unpaired) electrons. The van der Waals surface area contributed by atoms with E-state index in [0.29, 0.717) is 35.3 Å². The van der Waals surface area contributed by atoms with Crippen LogP contribution in [0.25, 0.3) is 0 Å². The SMILES string of the molecule is COc1cc(OC(C)=O)c2c3c1O[C@H]1[C@@H](N(CC(C)C)C(=O)C#Cc4ccc(C(F)(F)F)cc4)CC[C@H]4[C@@H](C2)N(CC2CC2)CC[C@@]341. The van der Waals surface area contributed by atoms with Crippen molar-refractivity contribution in [3.63, 3.8) is 0 Å². The van der Waals surface area contributed by atoms with Crippen LogP contribution >= 0.6 is 0 Å². The molecule has 1 spiro atoms. The van der Waals surface area contributed by atoms with Gasteiger partial charge in [0.1, 0.15) is 11.9 Å². The van der Waals surface area contributed by atoms with Crippen LogP contribution in [0, 0.1) is 29.6 Å². The minimum atomic E-state index is -4.44. The van der Waals surface area contributed by atoms with Gasteiger partial charge in [-0.25, -0.2) is 0 Å². The average Bonchev–Trinajstić information content (AvgIpc) is 3.78. The Balaban J connectivity index is 1.28. The summed E-state index contributed by atoms with van der Waals surface area (Å²) < 4.78 is 57.9. The molecule has 0 N–H and O–H groups in total. The number of likely N-dealkylation sites (tertiary alicyclic amines) is 1. The molecule has 47 heavy (non-hydrogen) atoms. The van der Waals surface area contributed by atoms with Gasteiger partial charge in [0.25, 0.3) is 5.91 Å². The lowest BCUT2D eigenvalue weighted by Crippen LogP contribution is -2.69. The Morgan fingerprint density at radius 1 is 1.13 bits per heavy atom. The smallest absolute Gasteiger partial charge is 0.416 e. The standard InChI is InChI=1S/C37H41F3N2O5/c1-21(2)19-42(32(44)14-9-23-7-10-25(11-8-23)37(38,39)40)28-13-12-27-29-17-26-30(46-22(3)43)18-31(45-4)34-33(26)36(27,35(28)47-34)15-16-41(29)20-24-5-6-24/h7-8,10-11,18,21,24,27-29,35H,5-6,12-13,15-17,19-20H2,1-4H3/t27-,28-,29+,35-,36-/m0/s1. The predicted molar refractivity (Wildman–Crippen MR) is 168 cm³/mol. The summed E-state index contributed by atoms with van der Waals surface area (Å²) in [5.74, 6) is 7.71. The fourth-order valence-electron chi connectivity index (χ4n) is 8.91. The van der Waals surface area contributed by atoms with Gasteiger partial charge >= 0.3 is 12.1 Å². The van der Waals surface area contributed by atoms with Crippen molar-refractivity contribution in [1.82, 2.24) is 9.80 Å². The molecule has 2 aromatic carbocycles. The van der Waals surface area contributed by atoms with E-state index in [-0.39, 0.29) is 36.0 Å². The number of methoxy groups -OCH3 is 1. The monoisotopic (exact) mass is 650 g/mol. The van der Waals surface area contributed by atoms with Gasteiger partial charge in [-0.2, -0.15) is 13.2 Å². The molecule has 1 saturated heterocycles. The van der Waals surface area contributed by atoms with Crippen molar-refractivity contribution in [2.24, 2.45) is 17.8 Å². The lowest BCUT2D eigenvalue weighted by molar-refractivity contribution is -0.138. The zero-order valence-corrected chi connectivity index (χ0v) is 27.3. The van der Waals surface area contributed by atoms with E-state index in [4.69, 9.17) is 14.2 Å². The van der Waals surface area contributed by atoms with E-state index < -0.39 is 17.2 Å². The maximum atomic E-state index is 14.0. The molecule has 5 aliphatic rings. The van der Waals surface area contributed by atoms with Gasteiger partial charge in [0.15, 0.2) is 11.5 Å². The second-order valence-corrected chi connectivity index (χ2v) is 14.3. The summed E-state index contributed by atoms with van der Waals surface area (Å²) in [6, 6.07) is 6.31. The van der Waals surface area contributed by atoms with E-state index >= 15 is 0 Å². The number of carbonyl (C=O) groups excluding carboxylic acids is 2. The van der Waals surface area contributed by atoms with E-state index in [1.54, 1.807) is 13.2 Å². The molecule has 2 saturated carbocycles. The van der Waals surface area contributed by atoms with Crippen molar-refractivity contribution >= 4 is 11.9 Å². The van der Waals surface area contributed by atoms with Crippen LogP contribution in [0.2, 0.25) is 0 Å². The Kier molecular flexibility index (Phi) is 7.98. The molecule has 10 heteroatoms. The Hall–Kier alpha value is -3.71. The topological polar surface area (TPSA) is 68.3 Å². The van der Waals surface area contributed by atoms with Crippen molar-refractivity contribution in [3.05, 3.63) is 52.6 Å². The maximum absolute atomic E-state index is 14.0. The van der Waals surface area contributed by atoms with Gasteiger partial charge in [-0.15, -0.1) is 0 Å². The normalized spacial score (nSPS) is 27.3. The third kappa shape index (κ3) is 5.54. The van der Waals surface area contributed by atoms with Crippen LogP contribution in [0.3, 0.4) is 0 Å². The Labute approximate surface area is 273 Å². The number of esters is 1. The molecule has 7 nitrogen and oxygen atoms in total. The molecule has 2 aliphatic heterocycles. The first-order valence-corrected chi connectivity index (χ1v) is 16.7. The van der Waals surface area contributed by atoms with Crippen LogP contribution in [0.15, 0.2) is 30.3 Å². The van der Waals surface area contributed by atoms with Crippen LogP contribution in [0.1, 0.15) is 75.1 Å². The van der Waals surface area contributed by atoms with E-state index in [1.165, 1.54) is 31.9 Å². The Bertz CT molecular complexity index is 1640. The molecule has 7 rings (SSSR count). The van der Waals surface area contributed by atoms with Crippen molar-refractivity contribution in [1.29, 1.82) is 0 Å². The van der Waals surface area contributed by atoms with Crippen LogP contribution in [-0.2, 0) is 27.6 Å². The molecule has 1 amide bonds. The van der Waals surface area contributed by atoms with Crippen molar-refractivity contribution in [3.8, 4) is 29.1 Å². The van der Waals surface area contributed by atoms with E-state index in [1.807, 2.05) is 4.90 Å². The number of carbonyl (C=O) groups is 2. The quantitative estimate of drug-likeness (QED) is 0.208. The predicted octanol–water partition coefficient (Wildman–Crippen LogP) is 5.99. The number of rotatable bonds is 7. The van der Waals surface area contributed by atoms with Crippen LogP contribution in [0.5, 0.6) is 17.2 Å². The molecule has 2 bridgehead atoms. The molecule has 0 aromatic heterocycles. The highest BCUT2D eigenvalue weighted by atomic mass is 19.4. The second kappa shape index (κ2) is 11.8. The summed E-state index contributed by atoms with van der Waals surface area (Å²) in [6.07, 6.45) is 1.01. The molecular weight excluding hydrogens is 609 g/mol. The minimum absolute atomic E-state index is 0.144.